The topological polar surface area (TPSA) is 41.5 Å². The Labute approximate surface area is 117 Å². The first-order valence-corrected chi connectivity index (χ1v) is 7.05. The lowest BCUT2D eigenvalue weighted by atomic mass is 9.92. The molecular weight excluding hydrogens is 238 g/mol. The number of benzene rings is 1. The first kappa shape index (κ1) is 16.0. The number of rotatable bonds is 8. The molecule has 0 aromatic heterocycles. The van der Waals surface area contributed by atoms with Crippen LogP contribution < -0.4 is 10.1 Å². The summed E-state index contributed by atoms with van der Waals surface area (Å²) in [4.78, 5) is 0. The molecule has 1 aromatic rings. The third-order valence-electron chi connectivity index (χ3n) is 3.27. The van der Waals surface area contributed by atoms with Gasteiger partial charge in [0.1, 0.15) is 5.75 Å². The van der Waals surface area contributed by atoms with Gasteiger partial charge in [0.2, 0.25) is 0 Å². The van der Waals surface area contributed by atoms with E-state index in [2.05, 4.69) is 25.2 Å². The number of ether oxygens (including phenoxy) is 1. The van der Waals surface area contributed by atoms with Crippen molar-refractivity contribution in [2.24, 2.45) is 0 Å². The third-order valence-corrected chi connectivity index (χ3v) is 3.27. The fourth-order valence-corrected chi connectivity index (χ4v) is 2.20. The molecule has 2 N–H and O–H groups in total. The minimum Gasteiger partial charge on any atom is -0.496 e. The first-order valence-electron chi connectivity index (χ1n) is 7.05. The molecule has 0 spiro atoms. The van der Waals surface area contributed by atoms with Crippen LogP contribution in [-0.4, -0.2) is 30.9 Å². The van der Waals surface area contributed by atoms with Gasteiger partial charge in [-0.2, -0.15) is 0 Å². The molecule has 0 saturated carbocycles. The molecule has 0 saturated heterocycles. The SMILES string of the molecule is CCCNCCC(C)(O)Cc1cc(C)ccc1OC. The highest BCUT2D eigenvalue weighted by Gasteiger charge is 2.22. The van der Waals surface area contributed by atoms with Crippen molar-refractivity contribution in [2.75, 3.05) is 20.2 Å². The van der Waals surface area contributed by atoms with Crippen LogP contribution in [0.3, 0.4) is 0 Å². The molecule has 0 bridgehead atoms. The van der Waals surface area contributed by atoms with Gasteiger partial charge >= 0.3 is 0 Å². The Morgan fingerprint density at radius 1 is 1.32 bits per heavy atom. The number of aryl methyl sites for hydroxylation is 1. The van der Waals surface area contributed by atoms with Crippen molar-refractivity contribution in [3.8, 4) is 5.75 Å². The van der Waals surface area contributed by atoms with E-state index in [0.29, 0.717) is 6.42 Å². The molecule has 1 aromatic carbocycles. The summed E-state index contributed by atoms with van der Waals surface area (Å²) in [5.41, 5.74) is 1.56. The fourth-order valence-electron chi connectivity index (χ4n) is 2.20. The summed E-state index contributed by atoms with van der Waals surface area (Å²) in [7, 11) is 1.67. The summed E-state index contributed by atoms with van der Waals surface area (Å²) >= 11 is 0. The van der Waals surface area contributed by atoms with E-state index in [1.807, 2.05) is 19.1 Å². The molecule has 1 atom stereocenters. The van der Waals surface area contributed by atoms with Crippen molar-refractivity contribution in [1.29, 1.82) is 0 Å². The van der Waals surface area contributed by atoms with Crippen LogP contribution in [0.15, 0.2) is 18.2 Å². The second-order valence-electron chi connectivity index (χ2n) is 5.49. The Morgan fingerprint density at radius 2 is 2.05 bits per heavy atom. The Morgan fingerprint density at radius 3 is 2.68 bits per heavy atom. The number of nitrogens with one attached hydrogen (secondary N) is 1. The molecule has 19 heavy (non-hydrogen) atoms. The molecule has 3 heteroatoms. The lowest BCUT2D eigenvalue weighted by Gasteiger charge is -2.24. The van der Waals surface area contributed by atoms with Gasteiger partial charge in [0, 0.05) is 6.42 Å². The Bertz CT molecular complexity index is 388. The average molecular weight is 265 g/mol. The lowest BCUT2D eigenvalue weighted by molar-refractivity contribution is 0.0510. The summed E-state index contributed by atoms with van der Waals surface area (Å²) in [5, 5.41) is 13.8. The molecular formula is C16H27NO2. The van der Waals surface area contributed by atoms with Crippen molar-refractivity contribution in [1.82, 2.24) is 5.32 Å². The molecule has 0 aliphatic rings. The highest BCUT2D eigenvalue weighted by molar-refractivity contribution is 5.37. The molecule has 3 nitrogen and oxygen atoms in total. The predicted octanol–water partition coefficient (Wildman–Crippen LogP) is 2.69. The van der Waals surface area contributed by atoms with Crippen LogP contribution in [0.4, 0.5) is 0 Å². The second kappa shape index (κ2) is 7.51. The maximum atomic E-state index is 10.5. The van der Waals surface area contributed by atoms with Crippen LogP contribution in [0.1, 0.15) is 37.8 Å². The minimum atomic E-state index is -0.707. The summed E-state index contributed by atoms with van der Waals surface area (Å²) in [6, 6.07) is 6.09. The van der Waals surface area contributed by atoms with Crippen molar-refractivity contribution < 1.29 is 9.84 Å². The van der Waals surface area contributed by atoms with Crippen LogP contribution in [-0.2, 0) is 6.42 Å². The van der Waals surface area contributed by atoms with Crippen molar-refractivity contribution in [3.63, 3.8) is 0 Å². The number of hydrogen-bond donors (Lipinski definition) is 2. The Kier molecular flexibility index (Phi) is 6.32. The molecule has 0 heterocycles. The molecule has 0 fully saturated rings. The minimum absolute atomic E-state index is 0.617. The average Bonchev–Trinajstić information content (AvgIpc) is 2.34. The van der Waals surface area contributed by atoms with E-state index in [9.17, 15) is 5.11 Å². The summed E-state index contributed by atoms with van der Waals surface area (Å²) in [5.74, 6) is 0.854. The molecule has 0 amide bonds. The highest BCUT2D eigenvalue weighted by Crippen LogP contribution is 2.25. The fraction of sp³-hybridized carbons (Fsp3) is 0.625. The predicted molar refractivity (Wildman–Crippen MR) is 79.8 cm³/mol. The van der Waals surface area contributed by atoms with Gasteiger partial charge in [-0.25, -0.2) is 0 Å². The molecule has 0 radical (unpaired) electrons. The Hall–Kier alpha value is -1.06. The van der Waals surface area contributed by atoms with E-state index in [1.165, 1.54) is 5.56 Å². The molecule has 1 rings (SSSR count). The summed E-state index contributed by atoms with van der Waals surface area (Å²) in [6.45, 7) is 7.93. The Balaban J connectivity index is 2.63. The van der Waals surface area contributed by atoms with Crippen LogP contribution in [0.2, 0.25) is 0 Å². The van der Waals surface area contributed by atoms with E-state index in [4.69, 9.17) is 4.74 Å². The van der Waals surface area contributed by atoms with Gasteiger partial charge in [-0.3, -0.25) is 0 Å². The van der Waals surface area contributed by atoms with Crippen LogP contribution in [0.5, 0.6) is 5.75 Å². The van der Waals surface area contributed by atoms with Crippen LogP contribution in [0.25, 0.3) is 0 Å². The van der Waals surface area contributed by atoms with E-state index in [-0.39, 0.29) is 0 Å². The van der Waals surface area contributed by atoms with E-state index >= 15 is 0 Å². The van der Waals surface area contributed by atoms with Crippen LogP contribution in [0, 0.1) is 6.92 Å². The van der Waals surface area contributed by atoms with Gasteiger partial charge in [-0.1, -0.05) is 24.6 Å². The van der Waals surface area contributed by atoms with E-state index in [0.717, 1.165) is 37.2 Å². The van der Waals surface area contributed by atoms with Gasteiger partial charge in [0.25, 0.3) is 0 Å². The molecule has 108 valence electrons. The highest BCUT2D eigenvalue weighted by atomic mass is 16.5. The van der Waals surface area contributed by atoms with Gasteiger partial charge in [0.05, 0.1) is 12.7 Å². The number of methoxy groups -OCH3 is 1. The lowest BCUT2D eigenvalue weighted by Crippen LogP contribution is -2.32. The van der Waals surface area contributed by atoms with Gasteiger partial charge < -0.3 is 15.2 Å². The quantitative estimate of drug-likeness (QED) is 0.710. The zero-order valence-electron chi connectivity index (χ0n) is 12.6. The number of aliphatic hydroxyl groups is 1. The van der Waals surface area contributed by atoms with Gasteiger partial charge in [-0.05, 0) is 51.4 Å². The molecule has 1 unspecified atom stereocenters. The maximum absolute atomic E-state index is 10.5. The largest absolute Gasteiger partial charge is 0.496 e. The van der Waals surface area contributed by atoms with E-state index in [1.54, 1.807) is 7.11 Å². The van der Waals surface area contributed by atoms with E-state index < -0.39 is 5.60 Å². The maximum Gasteiger partial charge on any atom is 0.122 e. The van der Waals surface area contributed by atoms with Gasteiger partial charge in [0.15, 0.2) is 0 Å². The van der Waals surface area contributed by atoms with Crippen molar-refractivity contribution in [2.45, 2.75) is 45.6 Å². The third kappa shape index (κ3) is 5.62. The van der Waals surface area contributed by atoms with Crippen LogP contribution >= 0.6 is 0 Å². The molecule has 0 aliphatic carbocycles. The van der Waals surface area contributed by atoms with Crippen molar-refractivity contribution in [3.05, 3.63) is 29.3 Å². The zero-order valence-corrected chi connectivity index (χ0v) is 12.6. The standard InChI is InChI=1S/C16H27NO2/c1-5-9-17-10-8-16(3,18)12-14-11-13(2)6-7-15(14)19-4/h6-7,11,17-18H,5,8-10,12H2,1-4H3. The summed E-state index contributed by atoms with van der Waals surface area (Å²) in [6.07, 6.45) is 2.48. The monoisotopic (exact) mass is 265 g/mol. The van der Waals surface area contributed by atoms with Crippen molar-refractivity contribution >= 4 is 0 Å². The van der Waals surface area contributed by atoms with Gasteiger partial charge in [-0.15, -0.1) is 0 Å². The normalized spacial score (nSPS) is 14.2. The smallest absolute Gasteiger partial charge is 0.122 e. The zero-order chi connectivity index (χ0) is 14.3. The number of hydrogen-bond acceptors (Lipinski definition) is 3. The summed E-state index contributed by atoms with van der Waals surface area (Å²) < 4.78 is 5.36. The molecule has 0 aliphatic heterocycles. The second-order valence-corrected chi connectivity index (χ2v) is 5.49. The first-order chi connectivity index (χ1) is 8.98.